The number of carbonyl (C=O) groups is 1. The van der Waals surface area contributed by atoms with Gasteiger partial charge < -0.3 is 5.11 Å². The van der Waals surface area contributed by atoms with Crippen molar-refractivity contribution in [3.05, 3.63) is 63.7 Å². The molecule has 102 valence electrons. The van der Waals surface area contributed by atoms with E-state index in [1.807, 2.05) is 31.2 Å². The maximum absolute atomic E-state index is 10.9. The molecule has 0 saturated heterocycles. The molecule has 0 atom stereocenters. The van der Waals surface area contributed by atoms with Crippen LogP contribution in [0.5, 0.6) is 0 Å². The van der Waals surface area contributed by atoms with E-state index in [-0.39, 0.29) is 5.56 Å². The van der Waals surface area contributed by atoms with Crippen LogP contribution in [-0.4, -0.2) is 16.0 Å². The van der Waals surface area contributed by atoms with Gasteiger partial charge in [0.15, 0.2) is 0 Å². The molecule has 0 saturated carbocycles. The van der Waals surface area contributed by atoms with Crippen LogP contribution in [0.2, 0.25) is 0 Å². The van der Waals surface area contributed by atoms with E-state index >= 15 is 0 Å². The van der Waals surface area contributed by atoms with Crippen LogP contribution >= 0.6 is 11.8 Å². The van der Waals surface area contributed by atoms with Crippen molar-refractivity contribution >= 4 is 23.4 Å². The lowest BCUT2D eigenvalue weighted by Crippen LogP contribution is -2.02. The van der Waals surface area contributed by atoms with E-state index in [0.29, 0.717) is 4.90 Å². The summed E-state index contributed by atoms with van der Waals surface area (Å²) in [7, 11) is 0. The van der Waals surface area contributed by atoms with Gasteiger partial charge in [-0.1, -0.05) is 29.5 Å². The molecule has 0 fully saturated rings. The zero-order valence-corrected chi connectivity index (χ0v) is 11.4. The van der Waals surface area contributed by atoms with Gasteiger partial charge in [-0.25, -0.2) is 4.79 Å². The number of aryl methyl sites for hydroxylation is 1. The first-order valence-corrected chi connectivity index (χ1v) is 6.55. The monoisotopic (exact) mass is 289 g/mol. The van der Waals surface area contributed by atoms with Crippen molar-refractivity contribution in [1.29, 1.82) is 0 Å². The number of nitro groups is 1. The standard InChI is InChI=1S/C14H11NO4S/c1-9-3-2-4-10(7-9)20-11-5-6-12(14(16)17)13(8-11)15(18)19/h2-8H,1H3,(H,16,17). The van der Waals surface area contributed by atoms with Crippen molar-refractivity contribution in [2.45, 2.75) is 16.7 Å². The van der Waals surface area contributed by atoms with Gasteiger partial charge in [-0.2, -0.15) is 0 Å². The Bertz CT molecular complexity index is 685. The number of nitro benzene ring substituents is 1. The van der Waals surface area contributed by atoms with Crippen molar-refractivity contribution in [3.8, 4) is 0 Å². The highest BCUT2D eigenvalue weighted by atomic mass is 32.2. The molecule has 0 aliphatic heterocycles. The molecule has 0 unspecified atom stereocenters. The van der Waals surface area contributed by atoms with Gasteiger partial charge in [-0.3, -0.25) is 10.1 Å². The van der Waals surface area contributed by atoms with Gasteiger partial charge in [0.25, 0.3) is 5.69 Å². The molecule has 0 radical (unpaired) electrons. The molecule has 2 aromatic rings. The number of aromatic carboxylic acids is 1. The minimum atomic E-state index is -1.30. The second-order valence-corrected chi connectivity index (χ2v) is 5.31. The van der Waals surface area contributed by atoms with Crippen LogP contribution in [0.15, 0.2) is 52.3 Å². The highest BCUT2D eigenvalue weighted by Crippen LogP contribution is 2.32. The van der Waals surface area contributed by atoms with Gasteiger partial charge in [-0.05, 0) is 31.2 Å². The molecule has 0 aromatic heterocycles. The average molecular weight is 289 g/mol. The molecular formula is C14H11NO4S. The summed E-state index contributed by atoms with van der Waals surface area (Å²) in [5.74, 6) is -1.30. The molecule has 2 rings (SSSR count). The highest BCUT2D eigenvalue weighted by molar-refractivity contribution is 7.99. The van der Waals surface area contributed by atoms with E-state index in [2.05, 4.69) is 0 Å². The Morgan fingerprint density at radius 1 is 1.20 bits per heavy atom. The first-order valence-electron chi connectivity index (χ1n) is 5.73. The van der Waals surface area contributed by atoms with Crippen molar-refractivity contribution < 1.29 is 14.8 Å². The smallest absolute Gasteiger partial charge is 0.342 e. The molecule has 5 nitrogen and oxygen atoms in total. The second-order valence-electron chi connectivity index (χ2n) is 4.16. The van der Waals surface area contributed by atoms with E-state index in [9.17, 15) is 14.9 Å². The Morgan fingerprint density at radius 2 is 1.90 bits per heavy atom. The van der Waals surface area contributed by atoms with Crippen LogP contribution in [0.3, 0.4) is 0 Å². The second kappa shape index (κ2) is 5.75. The van der Waals surface area contributed by atoms with Crippen molar-refractivity contribution in [2.75, 3.05) is 0 Å². The van der Waals surface area contributed by atoms with E-state index in [1.165, 1.54) is 23.9 Å². The predicted octanol–water partition coefficient (Wildman–Crippen LogP) is 3.75. The number of rotatable bonds is 4. The van der Waals surface area contributed by atoms with E-state index in [4.69, 9.17) is 5.11 Å². The van der Waals surface area contributed by atoms with Gasteiger partial charge >= 0.3 is 5.97 Å². The van der Waals surface area contributed by atoms with Crippen LogP contribution in [0.4, 0.5) is 5.69 Å². The third-order valence-electron chi connectivity index (χ3n) is 2.62. The molecule has 0 amide bonds. The summed E-state index contributed by atoms with van der Waals surface area (Å²) >= 11 is 1.36. The molecule has 1 N–H and O–H groups in total. The Balaban J connectivity index is 2.36. The molecule has 0 heterocycles. The van der Waals surface area contributed by atoms with Crippen LogP contribution in [-0.2, 0) is 0 Å². The average Bonchev–Trinajstić information content (AvgIpc) is 2.38. The first kappa shape index (κ1) is 14.1. The normalized spacial score (nSPS) is 10.2. The lowest BCUT2D eigenvalue weighted by Gasteiger charge is -2.04. The fourth-order valence-corrected chi connectivity index (χ4v) is 2.69. The lowest BCUT2D eigenvalue weighted by atomic mass is 10.2. The highest BCUT2D eigenvalue weighted by Gasteiger charge is 2.20. The fraction of sp³-hybridized carbons (Fsp3) is 0.0714. The van der Waals surface area contributed by atoms with E-state index in [0.717, 1.165) is 10.5 Å². The maximum Gasteiger partial charge on any atom is 0.342 e. The Morgan fingerprint density at radius 3 is 2.50 bits per heavy atom. The summed E-state index contributed by atoms with van der Waals surface area (Å²) in [6, 6.07) is 11.8. The largest absolute Gasteiger partial charge is 0.477 e. The summed E-state index contributed by atoms with van der Waals surface area (Å²) in [6.45, 7) is 1.96. The SMILES string of the molecule is Cc1cccc(Sc2ccc(C(=O)O)c([N+](=O)[O-])c2)c1. The van der Waals surface area contributed by atoms with Crippen LogP contribution in [0, 0.1) is 17.0 Å². The number of carboxylic acids is 1. The molecule has 0 aliphatic carbocycles. The number of nitrogens with zero attached hydrogens (tertiary/aromatic N) is 1. The summed E-state index contributed by atoms with van der Waals surface area (Å²) in [6.07, 6.45) is 0. The quantitative estimate of drug-likeness (QED) is 0.684. The van der Waals surface area contributed by atoms with E-state index < -0.39 is 16.6 Å². The number of carboxylic acid groups (broad SMARTS) is 1. The minimum Gasteiger partial charge on any atom is -0.477 e. The number of hydrogen-bond acceptors (Lipinski definition) is 4. The van der Waals surface area contributed by atoms with Crippen molar-refractivity contribution in [2.24, 2.45) is 0 Å². The van der Waals surface area contributed by atoms with Crippen LogP contribution < -0.4 is 0 Å². The van der Waals surface area contributed by atoms with Crippen LogP contribution in [0.25, 0.3) is 0 Å². The molecule has 0 spiro atoms. The van der Waals surface area contributed by atoms with Crippen LogP contribution in [0.1, 0.15) is 15.9 Å². The van der Waals surface area contributed by atoms with Crippen molar-refractivity contribution in [3.63, 3.8) is 0 Å². The van der Waals surface area contributed by atoms with Gasteiger partial charge in [-0.15, -0.1) is 0 Å². The molecular weight excluding hydrogens is 278 g/mol. The Hall–Kier alpha value is -2.34. The minimum absolute atomic E-state index is 0.302. The topological polar surface area (TPSA) is 80.4 Å². The number of hydrogen-bond donors (Lipinski definition) is 1. The van der Waals surface area contributed by atoms with Gasteiger partial charge in [0, 0.05) is 15.9 Å². The summed E-state index contributed by atoms with van der Waals surface area (Å²) < 4.78 is 0. The summed E-state index contributed by atoms with van der Waals surface area (Å²) in [5, 5.41) is 19.8. The third-order valence-corrected chi connectivity index (χ3v) is 3.60. The van der Waals surface area contributed by atoms with Gasteiger partial charge in [0.1, 0.15) is 5.56 Å². The lowest BCUT2D eigenvalue weighted by molar-refractivity contribution is -0.385. The van der Waals surface area contributed by atoms with E-state index in [1.54, 1.807) is 6.07 Å². The molecule has 6 heteroatoms. The summed E-state index contributed by atoms with van der Waals surface area (Å²) in [5.41, 5.74) is 0.394. The third kappa shape index (κ3) is 3.16. The van der Waals surface area contributed by atoms with Gasteiger partial charge in [0.05, 0.1) is 4.92 Å². The summed E-state index contributed by atoms with van der Waals surface area (Å²) in [4.78, 5) is 22.7. The molecule has 0 bridgehead atoms. The fourth-order valence-electron chi connectivity index (χ4n) is 1.72. The first-order chi connectivity index (χ1) is 9.47. The number of benzene rings is 2. The maximum atomic E-state index is 10.9. The predicted molar refractivity (Wildman–Crippen MR) is 75.4 cm³/mol. The molecule has 0 aliphatic rings. The van der Waals surface area contributed by atoms with Crippen molar-refractivity contribution in [1.82, 2.24) is 0 Å². The Labute approximate surface area is 119 Å². The molecule has 2 aromatic carbocycles. The molecule has 20 heavy (non-hydrogen) atoms. The van der Waals surface area contributed by atoms with Gasteiger partial charge in [0.2, 0.25) is 0 Å². The zero-order valence-electron chi connectivity index (χ0n) is 10.6. The zero-order chi connectivity index (χ0) is 14.7. The Kier molecular flexibility index (Phi) is 4.05.